The molecule has 0 saturated carbocycles. The van der Waals surface area contributed by atoms with Gasteiger partial charge in [-0.25, -0.2) is 4.79 Å². The molecule has 3 rings (SSSR count). The topological polar surface area (TPSA) is 100 Å². The van der Waals surface area contributed by atoms with Crippen LogP contribution in [0, 0.1) is 11.8 Å². The van der Waals surface area contributed by atoms with Crippen molar-refractivity contribution in [1.29, 1.82) is 0 Å². The number of carbonyl (C=O) groups excluding carboxylic acids is 3. The molecule has 0 aromatic heterocycles. The van der Waals surface area contributed by atoms with Gasteiger partial charge in [0.2, 0.25) is 0 Å². The third-order valence-electron chi connectivity index (χ3n) is 6.20. The summed E-state index contributed by atoms with van der Waals surface area (Å²) < 4.78 is 21.3. The Kier molecular flexibility index (Phi) is 8.50. The van der Waals surface area contributed by atoms with Crippen molar-refractivity contribution in [3.8, 4) is 5.75 Å². The Morgan fingerprint density at radius 2 is 1.91 bits per heavy atom. The Bertz CT molecular complexity index is 1010. The van der Waals surface area contributed by atoms with Crippen LogP contribution in [-0.4, -0.2) is 51.8 Å². The van der Waals surface area contributed by atoms with Crippen LogP contribution in [0.4, 0.5) is 0 Å². The minimum Gasteiger partial charge on any atom is -0.497 e. The second kappa shape index (κ2) is 11.3. The summed E-state index contributed by atoms with van der Waals surface area (Å²) in [6.45, 7) is 6.63. The molecule has 1 aliphatic carbocycles. The zero-order valence-corrected chi connectivity index (χ0v) is 20.4. The van der Waals surface area contributed by atoms with E-state index in [-0.39, 0.29) is 24.9 Å². The fraction of sp³-hybridized carbons (Fsp3) is 0.500. The lowest BCUT2D eigenvalue weighted by molar-refractivity contribution is -0.151. The van der Waals surface area contributed by atoms with E-state index in [0.29, 0.717) is 46.9 Å². The molecule has 0 radical (unpaired) electrons. The molecule has 0 unspecified atom stereocenters. The second-order valence-corrected chi connectivity index (χ2v) is 8.56. The molecule has 0 spiro atoms. The average molecular weight is 472 g/mol. The van der Waals surface area contributed by atoms with E-state index >= 15 is 0 Å². The molecule has 184 valence electrons. The Labute approximate surface area is 200 Å². The minimum atomic E-state index is -0.934. The Balaban J connectivity index is 2.04. The van der Waals surface area contributed by atoms with Gasteiger partial charge in [-0.15, -0.1) is 0 Å². The number of rotatable bonds is 9. The molecule has 1 aromatic rings. The quantitative estimate of drug-likeness (QED) is 0.333. The van der Waals surface area contributed by atoms with Crippen molar-refractivity contribution in [3.05, 3.63) is 52.4 Å². The molecule has 3 atom stereocenters. The normalized spacial score (nSPS) is 22.1. The van der Waals surface area contributed by atoms with E-state index in [2.05, 4.69) is 5.32 Å². The monoisotopic (exact) mass is 471 g/mol. The third kappa shape index (κ3) is 5.17. The maximum atomic E-state index is 13.7. The van der Waals surface area contributed by atoms with E-state index in [1.165, 1.54) is 7.11 Å². The van der Waals surface area contributed by atoms with Crippen LogP contribution in [0.2, 0.25) is 0 Å². The van der Waals surface area contributed by atoms with Crippen LogP contribution in [0.15, 0.2) is 46.8 Å². The van der Waals surface area contributed by atoms with Crippen molar-refractivity contribution < 1.29 is 33.3 Å². The van der Waals surface area contributed by atoms with Gasteiger partial charge >= 0.3 is 11.9 Å². The second-order valence-electron chi connectivity index (χ2n) is 8.56. The molecule has 0 saturated heterocycles. The van der Waals surface area contributed by atoms with Crippen LogP contribution in [0.1, 0.15) is 45.1 Å². The SMILES string of the molecule is CCCOCCOC(=O)C1=C(C)NC2=C(C(=O)[C@H](C(=O)OC)[C@H](C)C2)[C@H]1c1cccc(OC)c1. The molecule has 1 heterocycles. The summed E-state index contributed by atoms with van der Waals surface area (Å²) >= 11 is 0. The molecule has 8 heteroatoms. The smallest absolute Gasteiger partial charge is 0.336 e. The van der Waals surface area contributed by atoms with Crippen LogP contribution >= 0.6 is 0 Å². The number of Topliss-reactive ketones (excluding diaryl/α,β-unsaturated/α-hetero) is 1. The molecular formula is C26H33NO7. The van der Waals surface area contributed by atoms with Gasteiger partial charge in [0.15, 0.2) is 5.78 Å². The average Bonchev–Trinajstić information content (AvgIpc) is 2.82. The van der Waals surface area contributed by atoms with E-state index < -0.39 is 23.8 Å². The third-order valence-corrected chi connectivity index (χ3v) is 6.20. The van der Waals surface area contributed by atoms with Crippen molar-refractivity contribution in [2.75, 3.05) is 34.0 Å². The molecule has 1 N–H and O–H groups in total. The molecule has 8 nitrogen and oxygen atoms in total. The van der Waals surface area contributed by atoms with Crippen LogP contribution in [0.25, 0.3) is 0 Å². The van der Waals surface area contributed by atoms with Crippen LogP contribution in [0.5, 0.6) is 5.75 Å². The number of dihydropyridines is 1. The van der Waals surface area contributed by atoms with Gasteiger partial charge in [-0.1, -0.05) is 26.0 Å². The first-order valence-corrected chi connectivity index (χ1v) is 11.6. The highest BCUT2D eigenvalue weighted by Crippen LogP contribution is 2.45. The first kappa shape index (κ1) is 25.5. The van der Waals surface area contributed by atoms with Gasteiger partial charge in [0.25, 0.3) is 0 Å². The number of esters is 2. The first-order valence-electron chi connectivity index (χ1n) is 11.6. The minimum absolute atomic E-state index is 0.0993. The maximum absolute atomic E-state index is 13.7. The number of methoxy groups -OCH3 is 2. The maximum Gasteiger partial charge on any atom is 0.336 e. The number of allylic oxidation sites excluding steroid dienone is 3. The fourth-order valence-corrected chi connectivity index (χ4v) is 4.62. The zero-order valence-electron chi connectivity index (χ0n) is 20.4. The molecule has 34 heavy (non-hydrogen) atoms. The number of hydrogen-bond donors (Lipinski definition) is 1. The van der Waals surface area contributed by atoms with E-state index in [0.717, 1.165) is 6.42 Å². The van der Waals surface area contributed by atoms with Crippen molar-refractivity contribution >= 4 is 17.7 Å². The highest BCUT2D eigenvalue weighted by Gasteiger charge is 2.47. The Morgan fingerprint density at radius 1 is 1.15 bits per heavy atom. The summed E-state index contributed by atoms with van der Waals surface area (Å²) in [5, 5.41) is 3.25. The molecule has 0 fully saturated rings. The van der Waals surface area contributed by atoms with Gasteiger partial charge < -0.3 is 24.3 Å². The van der Waals surface area contributed by atoms with Crippen molar-refractivity contribution in [3.63, 3.8) is 0 Å². The number of benzene rings is 1. The van der Waals surface area contributed by atoms with Crippen molar-refractivity contribution in [2.24, 2.45) is 11.8 Å². The van der Waals surface area contributed by atoms with Crippen LogP contribution in [-0.2, 0) is 28.6 Å². The van der Waals surface area contributed by atoms with Gasteiger partial charge in [0.05, 0.1) is 26.4 Å². The summed E-state index contributed by atoms with van der Waals surface area (Å²) in [4.78, 5) is 39.4. The number of carbonyl (C=O) groups is 3. The lowest BCUT2D eigenvalue weighted by Crippen LogP contribution is -2.43. The summed E-state index contributed by atoms with van der Waals surface area (Å²) in [5.41, 5.74) is 2.75. The molecular weight excluding hydrogens is 438 g/mol. The van der Waals surface area contributed by atoms with E-state index in [1.54, 1.807) is 32.2 Å². The van der Waals surface area contributed by atoms with Crippen LogP contribution < -0.4 is 10.1 Å². The zero-order chi connectivity index (χ0) is 24.8. The summed E-state index contributed by atoms with van der Waals surface area (Å²) in [6.07, 6.45) is 1.35. The van der Waals surface area contributed by atoms with Gasteiger partial charge in [0, 0.05) is 29.5 Å². The van der Waals surface area contributed by atoms with Gasteiger partial charge in [-0.3, -0.25) is 9.59 Å². The summed E-state index contributed by atoms with van der Waals surface area (Å²) in [7, 11) is 2.83. The lowest BCUT2D eigenvalue weighted by atomic mass is 9.69. The highest BCUT2D eigenvalue weighted by molar-refractivity contribution is 6.12. The summed E-state index contributed by atoms with van der Waals surface area (Å²) in [5.74, 6) is -2.74. The van der Waals surface area contributed by atoms with E-state index in [1.807, 2.05) is 19.9 Å². The molecule has 1 aromatic carbocycles. The number of nitrogens with one attached hydrogen (secondary N) is 1. The van der Waals surface area contributed by atoms with E-state index in [4.69, 9.17) is 18.9 Å². The number of hydrogen-bond acceptors (Lipinski definition) is 8. The van der Waals surface area contributed by atoms with Crippen LogP contribution in [0.3, 0.4) is 0 Å². The predicted molar refractivity (Wildman–Crippen MR) is 125 cm³/mol. The van der Waals surface area contributed by atoms with Crippen molar-refractivity contribution in [1.82, 2.24) is 5.32 Å². The summed E-state index contributed by atoms with van der Waals surface area (Å²) in [6, 6.07) is 7.24. The van der Waals surface area contributed by atoms with E-state index in [9.17, 15) is 14.4 Å². The fourth-order valence-electron chi connectivity index (χ4n) is 4.62. The molecule has 0 bridgehead atoms. The standard InChI is InChI=1S/C26H33NO7/c1-6-10-33-11-12-34-26(30)21-16(3)27-19-13-15(2)20(25(29)32-5)24(28)23(19)22(21)17-8-7-9-18(14-17)31-4/h7-9,14-15,20,22,27H,6,10-13H2,1-5H3/t15-,20-,22+/m1/s1. The number of ether oxygens (including phenoxy) is 4. The Morgan fingerprint density at radius 3 is 2.59 bits per heavy atom. The molecule has 0 amide bonds. The molecule has 2 aliphatic rings. The van der Waals surface area contributed by atoms with Gasteiger partial charge in [-0.2, -0.15) is 0 Å². The van der Waals surface area contributed by atoms with Gasteiger partial charge in [-0.05, 0) is 43.4 Å². The highest BCUT2D eigenvalue weighted by atomic mass is 16.6. The van der Waals surface area contributed by atoms with Gasteiger partial charge in [0.1, 0.15) is 18.3 Å². The largest absolute Gasteiger partial charge is 0.497 e. The molecule has 1 aliphatic heterocycles. The number of ketones is 1. The predicted octanol–water partition coefficient (Wildman–Crippen LogP) is 3.28. The lowest BCUT2D eigenvalue weighted by Gasteiger charge is -2.38. The first-order chi connectivity index (χ1) is 16.3. The van der Waals surface area contributed by atoms with Crippen molar-refractivity contribution in [2.45, 2.75) is 39.5 Å². The Hall–Kier alpha value is -3.13.